The quantitative estimate of drug-likeness (QED) is 0.847. The Hall–Kier alpha value is -1.64. The molecule has 2 rings (SSSR count). The summed E-state index contributed by atoms with van der Waals surface area (Å²) in [5.41, 5.74) is 1.72. The number of rotatable bonds is 2. The number of para-hydroxylation sites is 1. The zero-order chi connectivity index (χ0) is 13.1. The Labute approximate surface area is 117 Å². The second-order valence-corrected chi connectivity index (χ2v) is 5.92. The summed E-state index contributed by atoms with van der Waals surface area (Å²) in [5, 5.41) is 10.8. The van der Waals surface area contributed by atoms with E-state index < -0.39 is 0 Å². The van der Waals surface area contributed by atoms with Crippen LogP contribution in [0.5, 0.6) is 0 Å². The van der Waals surface area contributed by atoms with Gasteiger partial charge in [0.2, 0.25) is 0 Å². The van der Waals surface area contributed by atoms with Gasteiger partial charge in [-0.3, -0.25) is 4.79 Å². The maximum Gasteiger partial charge on any atom is 0.258 e. The molecule has 1 heterocycles. The maximum absolute atomic E-state index is 12.2. The Morgan fingerprint density at radius 1 is 1.44 bits per heavy atom. The van der Waals surface area contributed by atoms with E-state index in [4.69, 9.17) is 5.26 Å². The van der Waals surface area contributed by atoms with Crippen LogP contribution in [0.15, 0.2) is 39.5 Å². The topological polar surface area (TPSA) is 44.1 Å². The lowest BCUT2D eigenvalue weighted by Crippen LogP contribution is -2.26. The van der Waals surface area contributed by atoms with Crippen LogP contribution in [-0.2, 0) is 0 Å². The third kappa shape index (κ3) is 2.45. The monoisotopic (exact) mass is 320 g/mol. The molecule has 0 unspecified atom stereocenters. The van der Waals surface area contributed by atoms with E-state index in [0.29, 0.717) is 16.8 Å². The highest BCUT2D eigenvalue weighted by molar-refractivity contribution is 9.11. The number of carbonyl (C=O) groups excluding carboxylic acids is 1. The number of hydrogen-bond donors (Lipinski definition) is 0. The van der Waals surface area contributed by atoms with Crippen molar-refractivity contribution in [3.8, 4) is 6.07 Å². The van der Waals surface area contributed by atoms with E-state index in [9.17, 15) is 4.79 Å². The number of halogens is 1. The molecule has 0 aliphatic carbocycles. The maximum atomic E-state index is 12.2. The molecule has 5 heteroatoms. The zero-order valence-corrected chi connectivity index (χ0v) is 12.0. The number of anilines is 1. The zero-order valence-electron chi connectivity index (χ0n) is 9.55. The first kappa shape index (κ1) is 12.8. The minimum atomic E-state index is -0.125. The fraction of sp³-hybridized carbons (Fsp3) is 0.0769. The highest BCUT2D eigenvalue weighted by Gasteiger charge is 2.17. The van der Waals surface area contributed by atoms with Crippen molar-refractivity contribution >= 4 is 38.9 Å². The van der Waals surface area contributed by atoms with Crippen LogP contribution in [0.3, 0.4) is 0 Å². The minimum absolute atomic E-state index is 0.125. The van der Waals surface area contributed by atoms with Crippen LogP contribution in [0.4, 0.5) is 5.69 Å². The van der Waals surface area contributed by atoms with Gasteiger partial charge in [-0.2, -0.15) is 5.26 Å². The summed E-state index contributed by atoms with van der Waals surface area (Å²) in [6.07, 6.45) is 0. The van der Waals surface area contributed by atoms with Gasteiger partial charge in [0.1, 0.15) is 6.07 Å². The van der Waals surface area contributed by atoms with Crippen LogP contribution in [0.25, 0.3) is 0 Å². The predicted molar refractivity (Wildman–Crippen MR) is 75.9 cm³/mol. The smallest absolute Gasteiger partial charge is 0.258 e. The van der Waals surface area contributed by atoms with Gasteiger partial charge in [-0.25, -0.2) is 0 Å². The molecule has 0 spiro atoms. The van der Waals surface area contributed by atoms with Crippen molar-refractivity contribution in [1.82, 2.24) is 0 Å². The van der Waals surface area contributed by atoms with Crippen LogP contribution in [0.2, 0.25) is 0 Å². The first-order chi connectivity index (χ1) is 8.63. The molecule has 0 saturated carbocycles. The molecule has 1 aromatic carbocycles. The molecule has 2 aromatic rings. The van der Waals surface area contributed by atoms with E-state index >= 15 is 0 Å². The van der Waals surface area contributed by atoms with Gasteiger partial charge < -0.3 is 4.90 Å². The molecular weight excluding hydrogens is 312 g/mol. The number of benzene rings is 1. The van der Waals surface area contributed by atoms with Gasteiger partial charge in [-0.05, 0) is 34.1 Å². The van der Waals surface area contributed by atoms with E-state index in [0.717, 1.165) is 3.79 Å². The van der Waals surface area contributed by atoms with Crippen molar-refractivity contribution in [2.45, 2.75) is 0 Å². The van der Waals surface area contributed by atoms with E-state index in [-0.39, 0.29) is 5.91 Å². The van der Waals surface area contributed by atoms with Crippen LogP contribution < -0.4 is 4.90 Å². The van der Waals surface area contributed by atoms with Gasteiger partial charge in [0.05, 0.1) is 20.6 Å². The van der Waals surface area contributed by atoms with Crippen molar-refractivity contribution < 1.29 is 4.79 Å². The van der Waals surface area contributed by atoms with Crippen molar-refractivity contribution in [2.75, 3.05) is 11.9 Å². The summed E-state index contributed by atoms with van der Waals surface area (Å²) < 4.78 is 0.910. The Morgan fingerprint density at radius 3 is 2.78 bits per heavy atom. The summed E-state index contributed by atoms with van der Waals surface area (Å²) in [5.74, 6) is -0.125. The molecule has 0 N–H and O–H groups in total. The average molecular weight is 321 g/mol. The van der Waals surface area contributed by atoms with Crippen LogP contribution in [0, 0.1) is 11.3 Å². The molecule has 0 radical (unpaired) electrons. The second-order valence-electron chi connectivity index (χ2n) is 3.63. The highest BCUT2D eigenvalue weighted by atomic mass is 79.9. The Balaban J connectivity index is 2.34. The molecule has 1 aromatic heterocycles. The van der Waals surface area contributed by atoms with Crippen LogP contribution >= 0.6 is 27.3 Å². The fourth-order valence-electron chi connectivity index (χ4n) is 1.59. The normalized spacial score (nSPS) is 9.83. The molecule has 0 bridgehead atoms. The van der Waals surface area contributed by atoms with Crippen LogP contribution in [-0.4, -0.2) is 13.0 Å². The number of nitriles is 1. The largest absolute Gasteiger partial charge is 0.310 e. The van der Waals surface area contributed by atoms with Crippen molar-refractivity contribution in [3.63, 3.8) is 0 Å². The third-order valence-corrected chi connectivity index (χ3v) is 4.01. The molecule has 1 amide bonds. The van der Waals surface area contributed by atoms with Gasteiger partial charge in [0.25, 0.3) is 5.91 Å². The van der Waals surface area contributed by atoms with Gasteiger partial charge in [0.15, 0.2) is 0 Å². The SMILES string of the molecule is CN(C(=O)c1csc(Br)c1)c1ccccc1C#N. The molecule has 0 aliphatic heterocycles. The van der Waals surface area contributed by atoms with E-state index in [1.807, 2.05) is 6.07 Å². The lowest BCUT2D eigenvalue weighted by molar-refractivity contribution is 0.0993. The molecule has 0 saturated heterocycles. The second kappa shape index (κ2) is 5.34. The predicted octanol–water partition coefficient (Wildman–Crippen LogP) is 3.66. The summed E-state index contributed by atoms with van der Waals surface area (Å²) in [6, 6.07) is 10.9. The summed E-state index contributed by atoms with van der Waals surface area (Å²) in [7, 11) is 1.67. The van der Waals surface area contributed by atoms with Crippen molar-refractivity contribution in [1.29, 1.82) is 5.26 Å². The van der Waals surface area contributed by atoms with E-state index in [2.05, 4.69) is 22.0 Å². The molecule has 0 fully saturated rings. The van der Waals surface area contributed by atoms with E-state index in [1.54, 1.807) is 36.7 Å². The molecule has 0 atom stereocenters. The van der Waals surface area contributed by atoms with E-state index in [1.165, 1.54) is 16.2 Å². The van der Waals surface area contributed by atoms with Crippen molar-refractivity contribution in [2.24, 2.45) is 0 Å². The molecule has 90 valence electrons. The average Bonchev–Trinajstić information content (AvgIpc) is 2.83. The summed E-state index contributed by atoms with van der Waals surface area (Å²) in [6.45, 7) is 0. The Morgan fingerprint density at radius 2 is 2.17 bits per heavy atom. The summed E-state index contributed by atoms with van der Waals surface area (Å²) in [4.78, 5) is 13.7. The first-order valence-electron chi connectivity index (χ1n) is 5.14. The number of hydrogen-bond acceptors (Lipinski definition) is 3. The Bertz CT molecular complexity index is 630. The first-order valence-corrected chi connectivity index (χ1v) is 6.82. The molecule has 18 heavy (non-hydrogen) atoms. The third-order valence-electron chi connectivity index (χ3n) is 2.50. The van der Waals surface area contributed by atoms with Crippen LogP contribution in [0.1, 0.15) is 15.9 Å². The Kier molecular flexibility index (Phi) is 3.80. The lowest BCUT2D eigenvalue weighted by atomic mass is 10.1. The number of nitrogens with zero attached hydrogens (tertiary/aromatic N) is 2. The van der Waals surface area contributed by atoms with Gasteiger partial charge >= 0.3 is 0 Å². The summed E-state index contributed by atoms with van der Waals surface area (Å²) >= 11 is 4.79. The van der Waals surface area contributed by atoms with Gasteiger partial charge in [-0.1, -0.05) is 12.1 Å². The van der Waals surface area contributed by atoms with Crippen molar-refractivity contribution in [3.05, 3.63) is 50.6 Å². The fourth-order valence-corrected chi connectivity index (χ4v) is 2.72. The molecule has 0 aliphatic rings. The standard InChI is InChI=1S/C13H9BrN2OS/c1-16(11-5-3-2-4-9(11)7-15)13(17)10-6-12(14)18-8-10/h2-6,8H,1H3. The highest BCUT2D eigenvalue weighted by Crippen LogP contribution is 2.24. The van der Waals surface area contributed by atoms with Gasteiger partial charge in [0, 0.05) is 12.4 Å². The number of carbonyl (C=O) groups is 1. The van der Waals surface area contributed by atoms with Gasteiger partial charge in [-0.15, -0.1) is 11.3 Å². The lowest BCUT2D eigenvalue weighted by Gasteiger charge is -2.17. The molecular formula is C13H9BrN2OS. The number of amides is 1. The molecule has 3 nitrogen and oxygen atoms in total. The number of thiophene rings is 1. The minimum Gasteiger partial charge on any atom is -0.310 e.